The molecule has 0 spiro atoms. The SMILES string of the molecule is [2H]c1c([2H])c([2H])c(-c2nc(-c3ccc(-n4c5ccccc5c5ccc6c(c7ccccc7n6-c6ccc7c(c6)C(C)(C)c6ccccc6-7)c54)c(C#N)c3)nc(-c3ccc4sc5ccccc5c4c3)n2)c([2H])c1[2H]. The first-order chi connectivity index (χ1) is 35.5. The van der Waals surface area contributed by atoms with Gasteiger partial charge in [-0.3, -0.25) is 0 Å². The van der Waals surface area contributed by atoms with Crippen molar-refractivity contribution in [1.82, 2.24) is 24.1 Å². The Labute approximate surface area is 402 Å². The monoisotopic (exact) mass is 891 g/mol. The number of nitriles is 1. The first-order valence-corrected chi connectivity index (χ1v) is 23.3. The van der Waals surface area contributed by atoms with E-state index in [9.17, 15) is 5.26 Å². The highest BCUT2D eigenvalue weighted by Crippen LogP contribution is 2.50. The van der Waals surface area contributed by atoms with E-state index < -0.39 is 30.2 Å². The Morgan fingerprint density at radius 2 is 1.16 bits per heavy atom. The Hall–Kier alpha value is -8.70. The van der Waals surface area contributed by atoms with Gasteiger partial charge in [0.1, 0.15) is 6.07 Å². The third kappa shape index (κ3) is 5.53. The molecule has 14 rings (SSSR count). The highest BCUT2D eigenvalue weighted by Gasteiger charge is 2.35. The van der Waals surface area contributed by atoms with Crippen LogP contribution < -0.4 is 0 Å². The van der Waals surface area contributed by atoms with Crippen molar-refractivity contribution in [2.45, 2.75) is 19.3 Å². The molecule has 0 radical (unpaired) electrons. The van der Waals surface area contributed by atoms with Crippen LogP contribution in [0.25, 0.3) is 120 Å². The quantitative estimate of drug-likeness (QED) is 0.173. The van der Waals surface area contributed by atoms with Crippen LogP contribution in [0.3, 0.4) is 0 Å². The van der Waals surface area contributed by atoms with Crippen molar-refractivity contribution in [1.29, 1.82) is 5.26 Å². The molecule has 0 N–H and O–H groups in total. The van der Waals surface area contributed by atoms with E-state index in [0.717, 1.165) is 69.5 Å². The summed E-state index contributed by atoms with van der Waals surface area (Å²) in [7, 11) is 0. The number of aromatic nitrogens is 5. The van der Waals surface area contributed by atoms with Gasteiger partial charge in [0, 0.05) is 69.5 Å². The molecule has 68 heavy (non-hydrogen) atoms. The summed E-state index contributed by atoms with van der Waals surface area (Å²) < 4.78 is 50.0. The largest absolute Gasteiger partial charge is 0.309 e. The number of nitrogens with zero attached hydrogens (tertiary/aromatic N) is 6. The average molecular weight is 892 g/mol. The van der Waals surface area contributed by atoms with Crippen LogP contribution in [0.4, 0.5) is 0 Å². The Kier molecular flexibility index (Phi) is 7.14. The summed E-state index contributed by atoms with van der Waals surface area (Å²) in [6.07, 6.45) is 0. The van der Waals surface area contributed by atoms with Crippen LogP contribution >= 0.6 is 11.3 Å². The Balaban J connectivity index is 0.985. The minimum Gasteiger partial charge on any atom is -0.309 e. The molecule has 0 atom stereocenters. The van der Waals surface area contributed by atoms with Crippen molar-refractivity contribution in [3.63, 3.8) is 0 Å². The van der Waals surface area contributed by atoms with Crippen molar-refractivity contribution in [2.24, 2.45) is 0 Å². The number of para-hydroxylation sites is 2. The fraction of sp³-hybridized carbons (Fsp3) is 0.0492. The zero-order valence-electron chi connectivity index (χ0n) is 41.7. The van der Waals surface area contributed by atoms with E-state index in [1.807, 2.05) is 54.6 Å². The number of hydrogen-bond acceptors (Lipinski definition) is 5. The normalized spacial score (nSPS) is 14.0. The smallest absolute Gasteiger partial charge is 0.164 e. The predicted molar refractivity (Wildman–Crippen MR) is 280 cm³/mol. The lowest BCUT2D eigenvalue weighted by molar-refractivity contribution is 0.660. The fourth-order valence-electron chi connectivity index (χ4n) is 10.8. The highest BCUT2D eigenvalue weighted by molar-refractivity contribution is 7.25. The molecular formula is C61H38N6S. The summed E-state index contributed by atoms with van der Waals surface area (Å²) >= 11 is 1.69. The van der Waals surface area contributed by atoms with E-state index in [4.69, 9.17) is 21.8 Å². The zero-order valence-corrected chi connectivity index (χ0v) is 37.5. The van der Waals surface area contributed by atoms with E-state index in [1.165, 1.54) is 22.3 Å². The number of hydrogen-bond donors (Lipinski definition) is 0. The number of thiophene rings is 1. The molecule has 0 saturated carbocycles. The maximum Gasteiger partial charge on any atom is 0.164 e. The van der Waals surface area contributed by atoms with Gasteiger partial charge < -0.3 is 9.13 Å². The van der Waals surface area contributed by atoms with E-state index in [0.29, 0.717) is 22.4 Å². The van der Waals surface area contributed by atoms with Gasteiger partial charge >= 0.3 is 0 Å². The van der Waals surface area contributed by atoms with E-state index >= 15 is 0 Å². The first kappa shape index (κ1) is 33.7. The summed E-state index contributed by atoms with van der Waals surface area (Å²) in [5.41, 5.74) is 12.1. The van der Waals surface area contributed by atoms with Crippen LogP contribution in [-0.2, 0) is 5.41 Å². The molecule has 4 aromatic heterocycles. The molecule has 318 valence electrons. The third-order valence-electron chi connectivity index (χ3n) is 13.9. The average Bonchev–Trinajstić information content (AvgIpc) is 4.14. The molecule has 0 amide bonds. The van der Waals surface area contributed by atoms with Gasteiger partial charge in [0.05, 0.1) is 40.2 Å². The Morgan fingerprint density at radius 1 is 0.515 bits per heavy atom. The van der Waals surface area contributed by atoms with Crippen LogP contribution in [-0.4, -0.2) is 24.1 Å². The lowest BCUT2D eigenvalue weighted by atomic mass is 9.82. The highest BCUT2D eigenvalue weighted by atomic mass is 32.1. The molecule has 0 bridgehead atoms. The standard InChI is InChI=1S/C61H38N6S/c1-61(2)48-20-10-6-16-41(48)42-27-26-40(34-49(42)61)66-52-22-12-8-19-46(52)56-53(66)30-28-45-43-17-7-11-21-51(43)67(57(45)56)50-29-24-37(32-39(50)35-62)59-63-58(36-14-4-3-5-15-36)64-60(65-59)38-25-31-55-47(33-38)44-18-9-13-23-54(44)68-55/h3-34H,1-2H3/i3D,4D,5D,14D,15D. The third-order valence-corrected chi connectivity index (χ3v) is 15.1. The number of fused-ring (bicyclic) bond motifs is 13. The van der Waals surface area contributed by atoms with Crippen LogP contribution in [0.5, 0.6) is 0 Å². The predicted octanol–water partition coefficient (Wildman–Crippen LogP) is 15.6. The molecule has 0 unspecified atom stereocenters. The van der Waals surface area contributed by atoms with Crippen LogP contribution in [0.15, 0.2) is 194 Å². The topological polar surface area (TPSA) is 72.3 Å². The van der Waals surface area contributed by atoms with Crippen molar-refractivity contribution in [3.05, 3.63) is 211 Å². The molecular weight excluding hydrogens is 849 g/mol. The van der Waals surface area contributed by atoms with E-state index in [2.05, 4.69) is 132 Å². The van der Waals surface area contributed by atoms with Crippen LogP contribution in [0.2, 0.25) is 0 Å². The van der Waals surface area contributed by atoms with Gasteiger partial charge in [-0.15, -0.1) is 11.3 Å². The molecule has 4 heterocycles. The lowest BCUT2D eigenvalue weighted by Crippen LogP contribution is -2.15. The maximum absolute atomic E-state index is 11.2. The minimum atomic E-state index is -0.511. The second-order valence-corrected chi connectivity index (χ2v) is 19.0. The molecule has 7 heteroatoms. The molecule has 9 aromatic carbocycles. The van der Waals surface area contributed by atoms with Crippen molar-refractivity contribution < 1.29 is 6.85 Å². The van der Waals surface area contributed by atoms with Crippen LogP contribution in [0.1, 0.15) is 37.4 Å². The Morgan fingerprint density at radius 3 is 1.97 bits per heavy atom. The van der Waals surface area contributed by atoms with Crippen molar-refractivity contribution in [2.75, 3.05) is 0 Å². The number of rotatable bonds is 5. The first-order valence-electron chi connectivity index (χ1n) is 25.0. The molecule has 1 aliphatic rings. The summed E-state index contributed by atoms with van der Waals surface area (Å²) in [4.78, 5) is 14.7. The van der Waals surface area contributed by atoms with Gasteiger partial charge in [0.2, 0.25) is 0 Å². The van der Waals surface area contributed by atoms with Gasteiger partial charge in [-0.25, -0.2) is 15.0 Å². The molecule has 1 aliphatic carbocycles. The minimum absolute atomic E-state index is 0.0764. The van der Waals surface area contributed by atoms with Crippen LogP contribution in [0, 0.1) is 11.3 Å². The maximum atomic E-state index is 11.2. The second-order valence-electron chi connectivity index (χ2n) is 17.9. The fourth-order valence-corrected chi connectivity index (χ4v) is 11.9. The molecule has 0 aliphatic heterocycles. The molecule has 0 fully saturated rings. The van der Waals surface area contributed by atoms with Crippen molar-refractivity contribution in [3.8, 4) is 62.7 Å². The van der Waals surface area contributed by atoms with E-state index in [1.54, 1.807) is 17.4 Å². The molecule has 13 aromatic rings. The van der Waals surface area contributed by atoms with Gasteiger partial charge in [-0.05, 0) is 95.1 Å². The lowest BCUT2D eigenvalue weighted by Gasteiger charge is -2.22. The van der Waals surface area contributed by atoms with Gasteiger partial charge in [0.25, 0.3) is 0 Å². The Bertz CT molecular complexity index is 4610. The zero-order chi connectivity index (χ0) is 49.6. The summed E-state index contributed by atoms with van der Waals surface area (Å²) in [5, 5.41) is 17.6. The molecule has 6 nitrogen and oxygen atoms in total. The summed E-state index contributed by atoms with van der Waals surface area (Å²) in [6, 6.07) is 56.7. The second kappa shape index (κ2) is 14.4. The summed E-state index contributed by atoms with van der Waals surface area (Å²) in [5.74, 6) is 0.357. The van der Waals surface area contributed by atoms with Gasteiger partial charge in [0.15, 0.2) is 17.5 Å². The van der Waals surface area contributed by atoms with Gasteiger partial charge in [-0.2, -0.15) is 5.26 Å². The van der Waals surface area contributed by atoms with Crippen molar-refractivity contribution >= 4 is 75.1 Å². The molecule has 0 saturated heterocycles. The number of benzene rings is 9. The summed E-state index contributed by atoms with van der Waals surface area (Å²) in [6.45, 7) is 4.61. The van der Waals surface area contributed by atoms with Gasteiger partial charge in [-0.1, -0.05) is 135 Å². The van der Waals surface area contributed by atoms with E-state index in [-0.39, 0.29) is 28.5 Å².